The molecule has 1 atom stereocenters. The molecule has 33 heavy (non-hydrogen) atoms. The maximum atomic E-state index is 13.4. The fourth-order valence-corrected chi connectivity index (χ4v) is 4.86. The van der Waals surface area contributed by atoms with Gasteiger partial charge in [0.1, 0.15) is 17.5 Å². The lowest BCUT2D eigenvalue weighted by Gasteiger charge is -2.24. The molecule has 0 aliphatic carbocycles. The highest BCUT2D eigenvalue weighted by atomic mass is 35.5. The summed E-state index contributed by atoms with van der Waals surface area (Å²) in [6, 6.07) is 20.1. The van der Waals surface area contributed by atoms with Crippen LogP contribution in [0.5, 0.6) is 11.5 Å². The number of hydrogen-bond acceptors (Lipinski definition) is 5. The Labute approximate surface area is 196 Å². The smallest absolute Gasteiger partial charge is 0.322 e. The van der Waals surface area contributed by atoms with Gasteiger partial charge in [-0.05, 0) is 54.1 Å². The highest BCUT2D eigenvalue weighted by Gasteiger charge is 2.35. The van der Waals surface area contributed by atoms with Crippen LogP contribution in [-0.4, -0.2) is 37.2 Å². The van der Waals surface area contributed by atoms with Gasteiger partial charge in [0.05, 0.1) is 4.90 Å². The van der Waals surface area contributed by atoms with E-state index in [2.05, 4.69) is 10.6 Å². The third-order valence-corrected chi connectivity index (χ3v) is 7.04. The normalized spacial score (nSPS) is 15.9. The molecule has 2 N–H and O–H groups in total. The van der Waals surface area contributed by atoms with Crippen molar-refractivity contribution in [2.24, 2.45) is 0 Å². The van der Waals surface area contributed by atoms with Gasteiger partial charge in [0, 0.05) is 18.1 Å². The maximum Gasteiger partial charge on any atom is 0.322 e. The molecule has 0 aromatic heterocycles. The Balaban J connectivity index is 1.57. The molecule has 1 fully saturated rings. The van der Waals surface area contributed by atoms with Crippen LogP contribution in [0.1, 0.15) is 5.56 Å². The minimum atomic E-state index is -3.99. The molecule has 1 aliphatic heterocycles. The highest BCUT2D eigenvalue weighted by Crippen LogP contribution is 2.26. The monoisotopic (exact) mass is 485 g/mol. The molecule has 1 aliphatic rings. The summed E-state index contributed by atoms with van der Waals surface area (Å²) in [4.78, 5) is 23.6. The molecule has 3 amide bonds. The molecule has 0 unspecified atom stereocenters. The zero-order chi connectivity index (χ0) is 23.4. The van der Waals surface area contributed by atoms with Crippen molar-refractivity contribution in [3.05, 3.63) is 89.4 Å². The molecule has 170 valence electrons. The van der Waals surface area contributed by atoms with Gasteiger partial charge in [-0.25, -0.2) is 13.2 Å². The van der Waals surface area contributed by atoms with Crippen LogP contribution in [0.25, 0.3) is 0 Å². The molecule has 3 aromatic carbocycles. The second kappa shape index (κ2) is 9.62. The van der Waals surface area contributed by atoms with Crippen LogP contribution in [0.15, 0.2) is 83.8 Å². The summed E-state index contributed by atoms with van der Waals surface area (Å²) in [6.07, 6.45) is 0. The van der Waals surface area contributed by atoms with Crippen molar-refractivity contribution in [3.8, 4) is 11.5 Å². The molecule has 10 heteroatoms. The Morgan fingerprint density at radius 3 is 2.06 bits per heavy atom. The van der Waals surface area contributed by atoms with E-state index in [1.807, 2.05) is 6.07 Å². The van der Waals surface area contributed by atoms with Crippen LogP contribution in [-0.2, 0) is 21.4 Å². The molecular formula is C23H20ClN3O5S. The fraction of sp³-hybridized carbons (Fsp3) is 0.130. The lowest BCUT2D eigenvalue weighted by molar-refractivity contribution is -0.120. The summed E-state index contributed by atoms with van der Waals surface area (Å²) >= 11 is 5.88. The van der Waals surface area contributed by atoms with Gasteiger partial charge in [0.25, 0.3) is 5.91 Å². The maximum absolute atomic E-state index is 13.4. The number of benzene rings is 3. The summed E-state index contributed by atoms with van der Waals surface area (Å²) in [5.74, 6) is 0.442. The standard InChI is InChI=1S/C23H20ClN3O5S/c24-17-6-8-18(9-7-17)32-19-10-12-20(13-11-19)33(30,31)27(14-16-4-2-1-3-5-16)15-21-22(28)26-23(29)25-21/h1-13,21H,14-15H2,(H2,25,26,28,29)/t21-/m0/s1. The number of hydrogen-bond donors (Lipinski definition) is 2. The Kier molecular flexibility index (Phi) is 6.64. The zero-order valence-electron chi connectivity index (χ0n) is 17.3. The third-order valence-electron chi connectivity index (χ3n) is 4.96. The van der Waals surface area contributed by atoms with Crippen molar-refractivity contribution >= 4 is 33.6 Å². The predicted molar refractivity (Wildman–Crippen MR) is 122 cm³/mol. The molecule has 0 saturated carbocycles. The van der Waals surface area contributed by atoms with E-state index in [1.165, 1.54) is 16.4 Å². The average Bonchev–Trinajstić information content (AvgIpc) is 3.12. The summed E-state index contributed by atoms with van der Waals surface area (Å²) in [6.45, 7) is -0.177. The lowest BCUT2D eigenvalue weighted by Crippen LogP contribution is -2.44. The molecule has 1 heterocycles. The number of ether oxygens (including phenoxy) is 1. The summed E-state index contributed by atoms with van der Waals surface area (Å²) in [7, 11) is -3.99. The summed E-state index contributed by atoms with van der Waals surface area (Å²) < 4.78 is 33.8. The largest absolute Gasteiger partial charge is 0.457 e. The number of sulfonamides is 1. The van der Waals surface area contributed by atoms with E-state index in [-0.39, 0.29) is 18.0 Å². The minimum Gasteiger partial charge on any atom is -0.457 e. The number of carbonyl (C=O) groups excluding carboxylic acids is 2. The minimum absolute atomic E-state index is 0.0336. The highest BCUT2D eigenvalue weighted by molar-refractivity contribution is 7.89. The van der Waals surface area contributed by atoms with Crippen molar-refractivity contribution in [3.63, 3.8) is 0 Å². The van der Waals surface area contributed by atoms with Crippen molar-refractivity contribution in [1.82, 2.24) is 14.9 Å². The quantitative estimate of drug-likeness (QED) is 0.475. The van der Waals surface area contributed by atoms with Crippen LogP contribution in [0, 0.1) is 0 Å². The molecule has 8 nitrogen and oxygen atoms in total. The van der Waals surface area contributed by atoms with Crippen LogP contribution >= 0.6 is 11.6 Å². The van der Waals surface area contributed by atoms with Gasteiger partial charge in [0.15, 0.2) is 0 Å². The first-order valence-electron chi connectivity index (χ1n) is 10.0. The first-order valence-corrected chi connectivity index (χ1v) is 11.8. The summed E-state index contributed by atoms with van der Waals surface area (Å²) in [5.41, 5.74) is 0.744. The van der Waals surface area contributed by atoms with Gasteiger partial charge in [-0.15, -0.1) is 0 Å². The van der Waals surface area contributed by atoms with Gasteiger partial charge < -0.3 is 10.1 Å². The van der Waals surface area contributed by atoms with E-state index in [0.717, 1.165) is 5.56 Å². The molecule has 1 saturated heterocycles. The number of halogens is 1. The number of carbonyl (C=O) groups is 2. The van der Waals surface area contributed by atoms with E-state index in [9.17, 15) is 18.0 Å². The summed E-state index contributed by atoms with van der Waals surface area (Å²) in [5, 5.41) is 5.15. The van der Waals surface area contributed by atoms with Crippen LogP contribution < -0.4 is 15.4 Å². The van der Waals surface area contributed by atoms with Crippen LogP contribution in [0.4, 0.5) is 4.79 Å². The van der Waals surface area contributed by atoms with Gasteiger partial charge in [-0.3, -0.25) is 10.1 Å². The number of urea groups is 1. The van der Waals surface area contributed by atoms with Crippen molar-refractivity contribution < 1.29 is 22.7 Å². The number of nitrogens with one attached hydrogen (secondary N) is 2. The molecule has 4 rings (SSSR count). The first kappa shape index (κ1) is 22.8. The average molecular weight is 486 g/mol. The topological polar surface area (TPSA) is 105 Å². The SMILES string of the molecule is O=C1NC(=O)[C@H](CN(Cc2ccccc2)S(=O)(=O)c2ccc(Oc3ccc(Cl)cc3)cc2)N1. The van der Waals surface area contributed by atoms with Gasteiger partial charge in [-0.2, -0.15) is 4.31 Å². The Morgan fingerprint density at radius 2 is 1.48 bits per heavy atom. The van der Waals surface area contributed by atoms with Crippen molar-refractivity contribution in [2.45, 2.75) is 17.5 Å². The van der Waals surface area contributed by atoms with E-state index < -0.39 is 28.0 Å². The van der Waals surface area contributed by atoms with Gasteiger partial charge in [0.2, 0.25) is 10.0 Å². The van der Waals surface area contributed by atoms with E-state index in [1.54, 1.807) is 60.7 Å². The fourth-order valence-electron chi connectivity index (χ4n) is 3.29. The zero-order valence-corrected chi connectivity index (χ0v) is 18.8. The van der Waals surface area contributed by atoms with Crippen molar-refractivity contribution in [2.75, 3.05) is 6.54 Å². The van der Waals surface area contributed by atoms with E-state index in [0.29, 0.717) is 16.5 Å². The Hall–Kier alpha value is -3.40. The molecule has 3 aromatic rings. The molecule has 0 spiro atoms. The number of imide groups is 1. The predicted octanol–water partition coefficient (Wildman–Crippen LogP) is 3.53. The Bertz CT molecular complexity index is 1250. The van der Waals surface area contributed by atoms with E-state index in [4.69, 9.17) is 16.3 Å². The first-order chi connectivity index (χ1) is 15.8. The van der Waals surface area contributed by atoms with E-state index >= 15 is 0 Å². The molecule has 0 bridgehead atoms. The van der Waals surface area contributed by atoms with Crippen LogP contribution in [0.2, 0.25) is 5.02 Å². The van der Waals surface area contributed by atoms with Gasteiger partial charge >= 0.3 is 6.03 Å². The Morgan fingerprint density at radius 1 is 0.879 bits per heavy atom. The van der Waals surface area contributed by atoms with Gasteiger partial charge in [-0.1, -0.05) is 41.9 Å². The third kappa shape index (κ3) is 5.51. The molecule has 0 radical (unpaired) electrons. The van der Waals surface area contributed by atoms with Crippen LogP contribution in [0.3, 0.4) is 0 Å². The molecular weight excluding hydrogens is 466 g/mol. The number of rotatable bonds is 8. The lowest BCUT2D eigenvalue weighted by atomic mass is 10.2. The second-order valence-electron chi connectivity index (χ2n) is 7.33. The van der Waals surface area contributed by atoms with Crippen molar-refractivity contribution in [1.29, 1.82) is 0 Å². The number of nitrogens with zero attached hydrogens (tertiary/aromatic N) is 1. The number of amides is 3. The second-order valence-corrected chi connectivity index (χ2v) is 9.70.